The normalized spacial score (nSPS) is 22.0. The second-order valence-electron chi connectivity index (χ2n) is 6.56. The standard InChI is InChI=1S/C17H24BrNO2/c1-12(14-8-4-5-9-15(14)18)19-10-6-7-13(11-19)17(2,3)16(20)21/h4-5,8-9,12-13H,6-7,10-11H2,1-3H3,(H,20,21). The van der Waals surface area contributed by atoms with E-state index in [0.29, 0.717) is 6.04 Å². The second-order valence-corrected chi connectivity index (χ2v) is 7.41. The van der Waals surface area contributed by atoms with Gasteiger partial charge in [0.05, 0.1) is 5.41 Å². The SMILES string of the molecule is CC(c1ccccc1Br)N1CCCC(C(C)(C)C(=O)O)C1. The minimum atomic E-state index is -0.692. The van der Waals surface area contributed by atoms with Crippen molar-refractivity contribution in [2.45, 2.75) is 39.7 Å². The first-order valence-corrected chi connectivity index (χ1v) is 8.35. The van der Waals surface area contributed by atoms with E-state index in [1.54, 1.807) is 0 Å². The Morgan fingerprint density at radius 2 is 2.10 bits per heavy atom. The lowest BCUT2D eigenvalue weighted by Gasteiger charge is -2.42. The second kappa shape index (κ2) is 6.49. The van der Waals surface area contributed by atoms with Crippen LogP contribution in [0.25, 0.3) is 0 Å². The molecule has 2 rings (SSSR count). The number of aliphatic carboxylic acids is 1. The molecule has 1 fully saturated rings. The molecule has 0 aliphatic carbocycles. The average molecular weight is 354 g/mol. The predicted molar refractivity (Wildman–Crippen MR) is 88.3 cm³/mol. The summed E-state index contributed by atoms with van der Waals surface area (Å²) in [5.41, 5.74) is 0.609. The molecule has 1 aliphatic rings. The van der Waals surface area contributed by atoms with Gasteiger partial charge in [0.1, 0.15) is 0 Å². The number of carboxylic acids is 1. The summed E-state index contributed by atoms with van der Waals surface area (Å²) in [6, 6.07) is 8.58. The molecular weight excluding hydrogens is 330 g/mol. The smallest absolute Gasteiger partial charge is 0.309 e. The molecule has 4 heteroatoms. The maximum absolute atomic E-state index is 11.5. The molecule has 3 nitrogen and oxygen atoms in total. The fraction of sp³-hybridized carbons (Fsp3) is 0.588. The summed E-state index contributed by atoms with van der Waals surface area (Å²) in [6.07, 6.45) is 2.06. The van der Waals surface area contributed by atoms with Gasteiger partial charge in [-0.2, -0.15) is 0 Å². The third-order valence-corrected chi connectivity index (χ3v) is 5.65. The molecule has 1 aromatic carbocycles. The van der Waals surface area contributed by atoms with Crippen LogP contribution >= 0.6 is 15.9 Å². The summed E-state index contributed by atoms with van der Waals surface area (Å²) in [7, 11) is 0. The number of likely N-dealkylation sites (tertiary alicyclic amines) is 1. The highest BCUT2D eigenvalue weighted by molar-refractivity contribution is 9.10. The molecule has 1 aromatic rings. The Morgan fingerprint density at radius 1 is 1.43 bits per heavy atom. The summed E-state index contributed by atoms with van der Waals surface area (Å²) in [5.74, 6) is -0.489. The van der Waals surface area contributed by atoms with Crippen molar-refractivity contribution >= 4 is 21.9 Å². The van der Waals surface area contributed by atoms with Crippen LogP contribution in [0.5, 0.6) is 0 Å². The van der Waals surface area contributed by atoms with Crippen LogP contribution in [0.1, 0.15) is 45.2 Å². The van der Waals surface area contributed by atoms with Crippen molar-refractivity contribution in [1.29, 1.82) is 0 Å². The Bertz CT molecular complexity index is 515. The molecule has 0 saturated carbocycles. The third-order valence-electron chi connectivity index (χ3n) is 4.93. The average Bonchev–Trinajstić information content (AvgIpc) is 2.47. The van der Waals surface area contributed by atoms with Crippen LogP contribution in [0.2, 0.25) is 0 Å². The van der Waals surface area contributed by atoms with Crippen molar-refractivity contribution in [2.75, 3.05) is 13.1 Å². The third kappa shape index (κ3) is 3.49. The van der Waals surface area contributed by atoms with Gasteiger partial charge in [0.25, 0.3) is 0 Å². The molecule has 0 aromatic heterocycles. The van der Waals surface area contributed by atoms with E-state index in [0.717, 1.165) is 30.4 Å². The molecule has 2 atom stereocenters. The van der Waals surface area contributed by atoms with Gasteiger partial charge in [-0.3, -0.25) is 9.69 Å². The Morgan fingerprint density at radius 3 is 2.71 bits per heavy atom. The van der Waals surface area contributed by atoms with Crippen molar-refractivity contribution in [3.05, 3.63) is 34.3 Å². The van der Waals surface area contributed by atoms with Gasteiger partial charge in [-0.1, -0.05) is 34.1 Å². The van der Waals surface area contributed by atoms with Gasteiger partial charge in [-0.05, 0) is 57.7 Å². The van der Waals surface area contributed by atoms with Crippen LogP contribution < -0.4 is 0 Å². The Balaban J connectivity index is 2.15. The van der Waals surface area contributed by atoms with Crippen molar-refractivity contribution in [3.63, 3.8) is 0 Å². The molecule has 1 aliphatic heterocycles. The van der Waals surface area contributed by atoms with E-state index in [2.05, 4.69) is 46.0 Å². The lowest BCUT2D eigenvalue weighted by atomic mass is 9.74. The fourth-order valence-electron chi connectivity index (χ4n) is 3.13. The zero-order chi connectivity index (χ0) is 15.6. The topological polar surface area (TPSA) is 40.5 Å². The Kier molecular flexibility index (Phi) is 5.10. The lowest BCUT2D eigenvalue weighted by molar-refractivity contribution is -0.151. The number of carbonyl (C=O) groups is 1. The number of nitrogens with zero attached hydrogens (tertiary/aromatic N) is 1. The number of hydrogen-bond acceptors (Lipinski definition) is 2. The van der Waals surface area contributed by atoms with E-state index < -0.39 is 11.4 Å². The number of hydrogen-bond donors (Lipinski definition) is 1. The Hall–Kier alpha value is -0.870. The van der Waals surface area contributed by atoms with Gasteiger partial charge in [-0.15, -0.1) is 0 Å². The summed E-state index contributed by atoms with van der Waals surface area (Å²) < 4.78 is 1.12. The largest absolute Gasteiger partial charge is 0.481 e. The molecule has 0 amide bonds. The Labute approximate surface area is 135 Å². The minimum absolute atomic E-state index is 0.202. The maximum Gasteiger partial charge on any atom is 0.309 e. The first-order chi connectivity index (χ1) is 9.84. The molecule has 0 spiro atoms. The maximum atomic E-state index is 11.5. The number of piperidine rings is 1. The highest BCUT2D eigenvalue weighted by Gasteiger charge is 2.40. The number of benzene rings is 1. The van der Waals surface area contributed by atoms with Crippen LogP contribution in [0.4, 0.5) is 0 Å². The van der Waals surface area contributed by atoms with E-state index in [4.69, 9.17) is 0 Å². The summed E-state index contributed by atoms with van der Waals surface area (Å²) in [4.78, 5) is 13.9. The van der Waals surface area contributed by atoms with Gasteiger partial charge in [0.2, 0.25) is 0 Å². The fourth-order valence-corrected chi connectivity index (χ4v) is 3.75. The van der Waals surface area contributed by atoms with Crippen molar-refractivity contribution in [3.8, 4) is 0 Å². The summed E-state index contributed by atoms with van der Waals surface area (Å²) in [5, 5.41) is 9.45. The lowest BCUT2D eigenvalue weighted by Crippen LogP contribution is -2.45. The van der Waals surface area contributed by atoms with Crippen LogP contribution in [0.3, 0.4) is 0 Å². The van der Waals surface area contributed by atoms with E-state index in [-0.39, 0.29) is 5.92 Å². The van der Waals surface area contributed by atoms with Gasteiger partial charge in [-0.25, -0.2) is 0 Å². The predicted octanol–water partition coefficient (Wildman–Crippen LogP) is 4.33. The van der Waals surface area contributed by atoms with E-state index in [1.807, 2.05) is 19.9 Å². The molecule has 116 valence electrons. The van der Waals surface area contributed by atoms with Crippen molar-refractivity contribution in [1.82, 2.24) is 4.90 Å². The van der Waals surface area contributed by atoms with Crippen molar-refractivity contribution < 1.29 is 9.90 Å². The number of halogens is 1. The summed E-state index contributed by atoms with van der Waals surface area (Å²) >= 11 is 3.62. The summed E-state index contributed by atoms with van der Waals surface area (Å²) in [6.45, 7) is 7.80. The molecular formula is C17H24BrNO2. The molecule has 1 saturated heterocycles. The van der Waals surface area contributed by atoms with Gasteiger partial charge in [0.15, 0.2) is 0 Å². The van der Waals surface area contributed by atoms with E-state index >= 15 is 0 Å². The molecule has 21 heavy (non-hydrogen) atoms. The first-order valence-electron chi connectivity index (χ1n) is 7.56. The quantitative estimate of drug-likeness (QED) is 0.875. The van der Waals surface area contributed by atoms with Crippen molar-refractivity contribution in [2.24, 2.45) is 11.3 Å². The van der Waals surface area contributed by atoms with Crippen LogP contribution in [0, 0.1) is 11.3 Å². The highest BCUT2D eigenvalue weighted by Crippen LogP contribution is 2.37. The number of carboxylic acid groups (broad SMARTS) is 1. The van der Waals surface area contributed by atoms with E-state index in [1.165, 1.54) is 5.56 Å². The molecule has 1 heterocycles. The first kappa shape index (κ1) is 16.5. The van der Waals surface area contributed by atoms with Crippen LogP contribution in [-0.4, -0.2) is 29.1 Å². The van der Waals surface area contributed by atoms with Gasteiger partial charge < -0.3 is 5.11 Å². The molecule has 1 N–H and O–H groups in total. The van der Waals surface area contributed by atoms with Crippen LogP contribution in [0.15, 0.2) is 28.7 Å². The van der Waals surface area contributed by atoms with Crippen LogP contribution in [-0.2, 0) is 4.79 Å². The monoisotopic (exact) mass is 353 g/mol. The van der Waals surface area contributed by atoms with Gasteiger partial charge in [0, 0.05) is 17.1 Å². The zero-order valence-corrected chi connectivity index (χ0v) is 14.6. The number of rotatable bonds is 4. The minimum Gasteiger partial charge on any atom is -0.481 e. The molecule has 2 unspecified atom stereocenters. The van der Waals surface area contributed by atoms with E-state index in [9.17, 15) is 9.90 Å². The zero-order valence-electron chi connectivity index (χ0n) is 13.0. The van der Waals surface area contributed by atoms with Gasteiger partial charge >= 0.3 is 5.97 Å². The molecule has 0 radical (unpaired) electrons. The molecule has 0 bridgehead atoms. The highest BCUT2D eigenvalue weighted by atomic mass is 79.9.